The highest BCUT2D eigenvalue weighted by Crippen LogP contribution is 2.27. The third-order valence-corrected chi connectivity index (χ3v) is 3.96. The molecule has 0 radical (unpaired) electrons. The third-order valence-electron chi connectivity index (χ3n) is 3.96. The largest absolute Gasteiger partial charge is 0.466 e. The number of likely N-dealkylation sites (tertiary alicyclic amines) is 1. The van der Waals surface area contributed by atoms with E-state index in [1.54, 1.807) is 0 Å². The van der Waals surface area contributed by atoms with Gasteiger partial charge in [-0.2, -0.15) is 0 Å². The fourth-order valence-electron chi connectivity index (χ4n) is 2.67. The van der Waals surface area contributed by atoms with Crippen molar-refractivity contribution < 1.29 is 9.21 Å². The van der Waals surface area contributed by atoms with Gasteiger partial charge in [0.1, 0.15) is 11.5 Å². The number of hydrogen-bond acceptors (Lipinski definition) is 3. The second kappa shape index (κ2) is 5.37. The number of carbonyl (C=O) groups excluding carboxylic acids is 1. The molecule has 0 bridgehead atoms. The highest BCUT2D eigenvalue weighted by atomic mass is 16.3. The second-order valence-corrected chi connectivity index (χ2v) is 6.13. The number of hydrogen-bond donors (Lipinski definition) is 1. The quantitative estimate of drug-likeness (QED) is 0.911. The van der Waals surface area contributed by atoms with Crippen LogP contribution in [0.2, 0.25) is 0 Å². The minimum Gasteiger partial charge on any atom is -0.466 e. The monoisotopic (exact) mass is 264 g/mol. The minimum absolute atomic E-state index is 0.0773. The van der Waals surface area contributed by atoms with E-state index in [0.717, 1.165) is 24.4 Å². The van der Waals surface area contributed by atoms with E-state index in [-0.39, 0.29) is 17.5 Å². The fourth-order valence-corrected chi connectivity index (χ4v) is 2.67. The van der Waals surface area contributed by atoms with Gasteiger partial charge in [0.15, 0.2) is 0 Å². The molecule has 1 unspecified atom stereocenters. The van der Waals surface area contributed by atoms with Gasteiger partial charge in [-0.05, 0) is 45.7 Å². The van der Waals surface area contributed by atoms with Crippen LogP contribution in [0.3, 0.4) is 0 Å². The lowest BCUT2D eigenvalue weighted by Gasteiger charge is -2.44. The zero-order valence-corrected chi connectivity index (χ0v) is 12.1. The number of piperidine rings is 1. The van der Waals surface area contributed by atoms with E-state index in [4.69, 9.17) is 10.2 Å². The summed E-state index contributed by atoms with van der Waals surface area (Å²) in [6, 6.07) is 3.99. The fraction of sp³-hybridized carbons (Fsp3) is 0.667. The van der Waals surface area contributed by atoms with Crippen LogP contribution in [0.5, 0.6) is 0 Å². The van der Waals surface area contributed by atoms with Gasteiger partial charge in [0.2, 0.25) is 5.91 Å². The number of amides is 1. The van der Waals surface area contributed by atoms with Crippen LogP contribution in [-0.2, 0) is 11.2 Å². The van der Waals surface area contributed by atoms with Crippen molar-refractivity contribution in [1.82, 2.24) is 4.90 Å². The summed E-state index contributed by atoms with van der Waals surface area (Å²) in [4.78, 5) is 14.3. The molecule has 1 aromatic heterocycles. The molecule has 0 aromatic carbocycles. The lowest BCUT2D eigenvalue weighted by Crippen LogP contribution is -2.56. The molecular formula is C15H24N2O2. The normalized spacial score (nSPS) is 22.5. The molecule has 4 nitrogen and oxygen atoms in total. The van der Waals surface area contributed by atoms with Crippen LogP contribution < -0.4 is 5.73 Å². The van der Waals surface area contributed by atoms with Crippen LogP contribution in [0.4, 0.5) is 0 Å². The summed E-state index contributed by atoms with van der Waals surface area (Å²) in [6.07, 6.45) is 3.12. The van der Waals surface area contributed by atoms with Gasteiger partial charge < -0.3 is 15.1 Å². The van der Waals surface area contributed by atoms with Crippen molar-refractivity contribution in [3.8, 4) is 0 Å². The van der Waals surface area contributed by atoms with E-state index in [0.29, 0.717) is 19.4 Å². The molecule has 2 heterocycles. The maximum atomic E-state index is 12.4. The second-order valence-electron chi connectivity index (χ2n) is 6.13. The third kappa shape index (κ3) is 3.38. The Balaban J connectivity index is 1.94. The molecule has 0 spiro atoms. The average Bonchev–Trinajstić information content (AvgIpc) is 2.75. The van der Waals surface area contributed by atoms with Crippen molar-refractivity contribution in [3.63, 3.8) is 0 Å². The molecule has 1 fully saturated rings. The van der Waals surface area contributed by atoms with Crippen molar-refractivity contribution in [2.24, 2.45) is 5.73 Å². The topological polar surface area (TPSA) is 59.5 Å². The highest BCUT2D eigenvalue weighted by Gasteiger charge is 2.35. The summed E-state index contributed by atoms with van der Waals surface area (Å²) in [6.45, 7) is 6.82. The predicted molar refractivity (Wildman–Crippen MR) is 74.8 cm³/mol. The standard InChI is InChI=1S/C15H24N2O2/c1-11-4-5-13(19-11)6-7-14(18)17-10-12(16)8-9-15(17,2)3/h4-5,12H,6-10,16H2,1-3H3. The van der Waals surface area contributed by atoms with Crippen LogP contribution >= 0.6 is 0 Å². The Morgan fingerprint density at radius 3 is 2.89 bits per heavy atom. The van der Waals surface area contributed by atoms with Crippen molar-refractivity contribution in [3.05, 3.63) is 23.7 Å². The molecule has 1 saturated heterocycles. The SMILES string of the molecule is Cc1ccc(CCC(=O)N2CC(N)CCC2(C)C)o1. The summed E-state index contributed by atoms with van der Waals surface area (Å²) in [5, 5.41) is 0. The first kappa shape index (κ1) is 14.1. The van der Waals surface area contributed by atoms with Gasteiger partial charge in [-0.15, -0.1) is 0 Å². The van der Waals surface area contributed by atoms with Crippen molar-refractivity contribution in [1.29, 1.82) is 0 Å². The Kier molecular flexibility index (Phi) is 3.99. The Morgan fingerprint density at radius 2 is 2.26 bits per heavy atom. The summed E-state index contributed by atoms with van der Waals surface area (Å²) < 4.78 is 5.50. The summed E-state index contributed by atoms with van der Waals surface area (Å²) in [5.41, 5.74) is 5.90. The molecule has 1 aromatic rings. The van der Waals surface area contributed by atoms with E-state index in [1.807, 2.05) is 24.0 Å². The zero-order chi connectivity index (χ0) is 14.0. The zero-order valence-electron chi connectivity index (χ0n) is 12.1. The van der Waals surface area contributed by atoms with E-state index in [9.17, 15) is 4.79 Å². The lowest BCUT2D eigenvalue weighted by atomic mass is 9.88. The van der Waals surface area contributed by atoms with E-state index >= 15 is 0 Å². The number of carbonyl (C=O) groups is 1. The van der Waals surface area contributed by atoms with Crippen LogP contribution in [0, 0.1) is 6.92 Å². The number of aryl methyl sites for hydroxylation is 2. The van der Waals surface area contributed by atoms with Gasteiger partial charge in [0.25, 0.3) is 0 Å². The average molecular weight is 264 g/mol. The van der Waals surface area contributed by atoms with Crippen molar-refractivity contribution in [2.75, 3.05) is 6.54 Å². The van der Waals surface area contributed by atoms with Gasteiger partial charge in [0, 0.05) is 31.0 Å². The molecule has 106 valence electrons. The summed E-state index contributed by atoms with van der Waals surface area (Å²) >= 11 is 0. The molecule has 2 rings (SSSR count). The van der Waals surface area contributed by atoms with E-state index in [1.165, 1.54) is 0 Å². The van der Waals surface area contributed by atoms with Gasteiger partial charge >= 0.3 is 0 Å². The molecule has 0 aliphatic carbocycles. The van der Waals surface area contributed by atoms with Crippen LogP contribution in [0.1, 0.15) is 44.6 Å². The molecule has 1 aliphatic heterocycles. The molecule has 1 amide bonds. The molecule has 2 N–H and O–H groups in total. The molecule has 4 heteroatoms. The van der Waals surface area contributed by atoms with E-state index < -0.39 is 0 Å². The number of nitrogens with two attached hydrogens (primary N) is 1. The number of rotatable bonds is 3. The highest BCUT2D eigenvalue weighted by molar-refractivity contribution is 5.77. The summed E-state index contributed by atoms with van der Waals surface area (Å²) in [5.74, 6) is 1.95. The molecule has 1 atom stereocenters. The smallest absolute Gasteiger partial charge is 0.223 e. The van der Waals surface area contributed by atoms with Crippen LogP contribution in [0.15, 0.2) is 16.5 Å². The molecule has 1 aliphatic rings. The van der Waals surface area contributed by atoms with Crippen LogP contribution in [-0.4, -0.2) is 28.9 Å². The van der Waals surface area contributed by atoms with E-state index in [2.05, 4.69) is 13.8 Å². The number of furan rings is 1. The minimum atomic E-state index is -0.0773. The van der Waals surface area contributed by atoms with Gasteiger partial charge in [0.05, 0.1) is 0 Å². The first-order valence-corrected chi connectivity index (χ1v) is 7.00. The van der Waals surface area contributed by atoms with Gasteiger partial charge in [-0.1, -0.05) is 0 Å². The Hall–Kier alpha value is -1.29. The molecular weight excluding hydrogens is 240 g/mol. The maximum absolute atomic E-state index is 12.4. The van der Waals surface area contributed by atoms with Crippen molar-refractivity contribution in [2.45, 2.75) is 58.0 Å². The molecule has 19 heavy (non-hydrogen) atoms. The van der Waals surface area contributed by atoms with Gasteiger partial charge in [-0.3, -0.25) is 4.79 Å². The first-order chi connectivity index (χ1) is 8.88. The van der Waals surface area contributed by atoms with Crippen LogP contribution in [0.25, 0.3) is 0 Å². The first-order valence-electron chi connectivity index (χ1n) is 7.00. The summed E-state index contributed by atoms with van der Waals surface area (Å²) in [7, 11) is 0. The predicted octanol–water partition coefficient (Wildman–Crippen LogP) is 2.25. The Bertz CT molecular complexity index is 451. The molecule has 0 saturated carbocycles. The Morgan fingerprint density at radius 1 is 1.53 bits per heavy atom. The van der Waals surface area contributed by atoms with Crippen molar-refractivity contribution >= 4 is 5.91 Å². The number of nitrogens with zero attached hydrogens (tertiary/aromatic N) is 1. The lowest BCUT2D eigenvalue weighted by molar-refractivity contribution is -0.139. The maximum Gasteiger partial charge on any atom is 0.223 e. The van der Waals surface area contributed by atoms with Gasteiger partial charge in [-0.25, -0.2) is 0 Å². The Labute approximate surface area is 114 Å².